The van der Waals surface area contributed by atoms with E-state index in [-0.39, 0.29) is 6.61 Å². The standard InChI is InChI=1S/C70H139NO4/c1-3-5-7-9-11-13-15-17-19-21-23-25-27-29-30-31-32-33-34-35-36-37-38-39-41-43-45-47-49-51-53-55-57-59-61-63-65-69(74)70(75)71-67(66-72)68(73)64-62-60-58-56-54-52-50-48-46-44-42-40-28-26-24-22-20-18-16-14-12-10-8-6-4-2/h62,64,67-69,72-74H,3-61,63,65-66H2,1-2H3,(H,71,75)/b64-62+. The number of aliphatic hydroxyl groups excluding tert-OH is 3. The van der Waals surface area contributed by atoms with Crippen LogP contribution in [0.1, 0.15) is 406 Å². The van der Waals surface area contributed by atoms with Crippen molar-refractivity contribution in [2.45, 2.75) is 424 Å². The van der Waals surface area contributed by atoms with Gasteiger partial charge in [-0.2, -0.15) is 0 Å². The van der Waals surface area contributed by atoms with Crippen LogP contribution in [0.4, 0.5) is 0 Å². The number of amides is 1. The maximum Gasteiger partial charge on any atom is 0.249 e. The summed E-state index contributed by atoms with van der Waals surface area (Å²) < 4.78 is 0. The van der Waals surface area contributed by atoms with Crippen molar-refractivity contribution in [2.24, 2.45) is 0 Å². The van der Waals surface area contributed by atoms with E-state index in [9.17, 15) is 20.1 Å². The molecule has 75 heavy (non-hydrogen) atoms. The Kier molecular flexibility index (Phi) is 64.8. The molecule has 448 valence electrons. The number of carbonyl (C=O) groups is 1. The predicted molar refractivity (Wildman–Crippen MR) is 333 cm³/mol. The maximum absolute atomic E-state index is 12.6. The van der Waals surface area contributed by atoms with Crippen molar-refractivity contribution >= 4 is 5.91 Å². The third-order valence-electron chi connectivity index (χ3n) is 16.9. The SMILES string of the molecule is CCCCCCCCCCCCCCCCCCCCCCCCC/C=C/C(O)C(CO)NC(=O)C(O)CCCCCCCCCCCCCCCCCCCCCCCCCCCCCCCCCCCCCC. The molecule has 3 unspecified atom stereocenters. The molecule has 1 amide bonds. The fourth-order valence-electron chi connectivity index (χ4n) is 11.5. The fraction of sp³-hybridized carbons (Fsp3) is 0.957. The Hall–Kier alpha value is -0.910. The van der Waals surface area contributed by atoms with Gasteiger partial charge >= 0.3 is 0 Å². The number of hydrogen-bond acceptors (Lipinski definition) is 4. The van der Waals surface area contributed by atoms with Crippen LogP contribution in [0.3, 0.4) is 0 Å². The van der Waals surface area contributed by atoms with E-state index in [0.717, 1.165) is 32.1 Å². The van der Waals surface area contributed by atoms with Gasteiger partial charge in [-0.1, -0.05) is 398 Å². The van der Waals surface area contributed by atoms with Crippen LogP contribution in [-0.4, -0.2) is 46.1 Å². The molecule has 0 rings (SSSR count). The summed E-state index contributed by atoms with van der Waals surface area (Å²) in [7, 11) is 0. The van der Waals surface area contributed by atoms with E-state index in [0.29, 0.717) is 6.42 Å². The first-order valence-corrected chi connectivity index (χ1v) is 35.0. The molecule has 0 bridgehead atoms. The van der Waals surface area contributed by atoms with Crippen molar-refractivity contribution in [1.29, 1.82) is 0 Å². The number of unbranched alkanes of at least 4 members (excludes halogenated alkanes) is 58. The Morgan fingerprint density at radius 2 is 0.520 bits per heavy atom. The van der Waals surface area contributed by atoms with Crippen molar-refractivity contribution in [1.82, 2.24) is 5.32 Å². The van der Waals surface area contributed by atoms with Gasteiger partial charge in [0.25, 0.3) is 0 Å². The lowest BCUT2D eigenvalue weighted by Crippen LogP contribution is -2.48. The summed E-state index contributed by atoms with van der Waals surface area (Å²) in [5.74, 6) is -0.493. The highest BCUT2D eigenvalue weighted by Crippen LogP contribution is 2.20. The van der Waals surface area contributed by atoms with Crippen molar-refractivity contribution < 1.29 is 20.1 Å². The van der Waals surface area contributed by atoms with E-state index in [1.807, 2.05) is 6.08 Å². The number of hydrogen-bond donors (Lipinski definition) is 4. The van der Waals surface area contributed by atoms with E-state index >= 15 is 0 Å². The highest BCUT2D eigenvalue weighted by atomic mass is 16.3. The van der Waals surface area contributed by atoms with Crippen LogP contribution < -0.4 is 5.32 Å². The largest absolute Gasteiger partial charge is 0.394 e. The van der Waals surface area contributed by atoms with Gasteiger partial charge < -0.3 is 20.6 Å². The van der Waals surface area contributed by atoms with E-state index < -0.39 is 24.2 Å². The van der Waals surface area contributed by atoms with Gasteiger partial charge in [0.05, 0.1) is 18.8 Å². The van der Waals surface area contributed by atoms with Crippen molar-refractivity contribution in [2.75, 3.05) is 6.61 Å². The van der Waals surface area contributed by atoms with Crippen molar-refractivity contribution in [3.05, 3.63) is 12.2 Å². The van der Waals surface area contributed by atoms with Crippen LogP contribution in [0, 0.1) is 0 Å². The molecule has 0 spiro atoms. The molecule has 0 radical (unpaired) electrons. The molecule has 0 saturated carbocycles. The van der Waals surface area contributed by atoms with Gasteiger partial charge in [-0.25, -0.2) is 0 Å². The second kappa shape index (κ2) is 65.6. The summed E-state index contributed by atoms with van der Waals surface area (Å²) in [4.78, 5) is 12.6. The lowest BCUT2D eigenvalue weighted by Gasteiger charge is -2.21. The Balaban J connectivity index is 3.45. The quantitative estimate of drug-likeness (QED) is 0.0361. The molecule has 0 aromatic heterocycles. The van der Waals surface area contributed by atoms with Crippen LogP contribution in [0.25, 0.3) is 0 Å². The summed E-state index contributed by atoms with van der Waals surface area (Å²) in [6.07, 6.45) is 85.1. The maximum atomic E-state index is 12.6. The summed E-state index contributed by atoms with van der Waals surface area (Å²) in [6.45, 7) is 4.24. The van der Waals surface area contributed by atoms with Gasteiger partial charge in [-0.15, -0.1) is 0 Å². The molecule has 3 atom stereocenters. The zero-order valence-corrected chi connectivity index (χ0v) is 51.5. The zero-order valence-electron chi connectivity index (χ0n) is 51.5. The normalized spacial score (nSPS) is 13.1. The minimum Gasteiger partial charge on any atom is -0.394 e. The Bertz CT molecular complexity index is 1080. The lowest BCUT2D eigenvalue weighted by atomic mass is 10.0. The van der Waals surface area contributed by atoms with Crippen molar-refractivity contribution in [3.63, 3.8) is 0 Å². The summed E-state index contributed by atoms with van der Waals surface area (Å²) in [5.41, 5.74) is 0. The zero-order chi connectivity index (χ0) is 54.3. The molecule has 5 nitrogen and oxygen atoms in total. The Morgan fingerprint density at radius 3 is 0.733 bits per heavy atom. The molecule has 0 aromatic rings. The Labute approximate surface area is 471 Å². The number of rotatable bonds is 66. The van der Waals surface area contributed by atoms with Gasteiger partial charge in [-0.3, -0.25) is 4.79 Å². The van der Waals surface area contributed by atoms with E-state index in [1.54, 1.807) is 6.08 Å². The van der Waals surface area contributed by atoms with Gasteiger partial charge in [0.2, 0.25) is 5.91 Å². The molecule has 0 heterocycles. The molecule has 0 aliphatic rings. The number of nitrogens with one attached hydrogen (secondary N) is 1. The molecule has 4 N–H and O–H groups in total. The third kappa shape index (κ3) is 60.6. The summed E-state index contributed by atoms with van der Waals surface area (Å²) >= 11 is 0. The molecule has 0 saturated heterocycles. The molecule has 5 heteroatoms. The number of allylic oxidation sites excluding steroid dienone is 1. The van der Waals surface area contributed by atoms with Crippen LogP contribution in [0.5, 0.6) is 0 Å². The minimum atomic E-state index is -1.10. The average Bonchev–Trinajstić information content (AvgIpc) is 3.41. The summed E-state index contributed by atoms with van der Waals surface area (Å²) in [6, 6.07) is -0.796. The van der Waals surface area contributed by atoms with Gasteiger partial charge in [-0.05, 0) is 19.3 Å². The number of aliphatic hydroxyl groups is 3. The number of carbonyl (C=O) groups excluding carboxylic acids is 1. The third-order valence-corrected chi connectivity index (χ3v) is 16.9. The van der Waals surface area contributed by atoms with Crippen LogP contribution in [-0.2, 0) is 4.79 Å². The van der Waals surface area contributed by atoms with Gasteiger partial charge in [0.1, 0.15) is 6.10 Å². The molecular formula is C70H139NO4. The highest BCUT2D eigenvalue weighted by Gasteiger charge is 2.22. The summed E-state index contributed by atoms with van der Waals surface area (Å²) in [5, 5.41) is 33.5. The van der Waals surface area contributed by atoms with Crippen LogP contribution in [0.15, 0.2) is 12.2 Å². The second-order valence-electron chi connectivity index (χ2n) is 24.5. The molecule has 0 fully saturated rings. The second-order valence-corrected chi connectivity index (χ2v) is 24.5. The molecular weight excluding hydrogens is 919 g/mol. The van der Waals surface area contributed by atoms with E-state index in [2.05, 4.69) is 19.2 Å². The lowest BCUT2D eigenvalue weighted by molar-refractivity contribution is -0.131. The van der Waals surface area contributed by atoms with E-state index in [4.69, 9.17) is 0 Å². The fourth-order valence-corrected chi connectivity index (χ4v) is 11.5. The van der Waals surface area contributed by atoms with Crippen molar-refractivity contribution in [3.8, 4) is 0 Å². The van der Waals surface area contributed by atoms with Gasteiger partial charge in [0.15, 0.2) is 0 Å². The molecule has 0 aliphatic carbocycles. The first kappa shape index (κ1) is 74.1. The monoisotopic (exact) mass is 1060 g/mol. The minimum absolute atomic E-state index is 0.358. The molecule has 0 aromatic carbocycles. The van der Waals surface area contributed by atoms with E-state index in [1.165, 1.54) is 353 Å². The van der Waals surface area contributed by atoms with Crippen LogP contribution in [0.2, 0.25) is 0 Å². The highest BCUT2D eigenvalue weighted by molar-refractivity contribution is 5.80. The predicted octanol–water partition coefficient (Wildman–Crippen LogP) is 22.6. The average molecular weight is 1060 g/mol. The molecule has 0 aliphatic heterocycles. The smallest absolute Gasteiger partial charge is 0.249 e. The Morgan fingerprint density at radius 1 is 0.320 bits per heavy atom. The van der Waals surface area contributed by atoms with Gasteiger partial charge in [0, 0.05) is 0 Å². The van der Waals surface area contributed by atoms with Crippen LogP contribution >= 0.6 is 0 Å². The first-order chi connectivity index (χ1) is 37.1. The topological polar surface area (TPSA) is 89.8 Å². The first-order valence-electron chi connectivity index (χ1n) is 35.0.